The van der Waals surface area contributed by atoms with Crippen molar-refractivity contribution in [3.05, 3.63) is 95.2 Å². The van der Waals surface area contributed by atoms with Crippen molar-refractivity contribution in [1.29, 1.82) is 0 Å². The lowest BCUT2D eigenvalue weighted by Gasteiger charge is -2.41. The molecule has 206 valence electrons. The second-order valence-corrected chi connectivity index (χ2v) is 10.6. The fraction of sp³-hybridized carbons (Fsp3) is 0.367. The number of hydrogen-bond acceptors (Lipinski definition) is 8. The molecule has 0 radical (unpaired) electrons. The fourth-order valence-electron chi connectivity index (χ4n) is 4.34. The number of amides is 1. The standard InChI is InChI=1S/C30H34N2O6S/c1-19-26(18-39-27-6-4-5-15-31-27)37-30(38-28(19)24-11-9-23(17-33)10-12-24)25-13-7-22(8-14-25)16-32-29(35)20(2)36-21(3)34/h4-15,19-20,26,28,30,33H,16-18H2,1-3H3,(H,32,35)/t19-,20-,26+,28+,30?/m0/s1. The molecule has 8 nitrogen and oxygen atoms in total. The molecule has 2 aromatic carbocycles. The van der Waals surface area contributed by atoms with Gasteiger partial charge in [0.1, 0.15) is 0 Å². The number of nitrogens with one attached hydrogen (secondary N) is 1. The molecule has 2 heterocycles. The molecule has 4 rings (SSSR count). The van der Waals surface area contributed by atoms with Crippen molar-refractivity contribution in [3.63, 3.8) is 0 Å². The number of carbonyl (C=O) groups is 2. The molecule has 0 saturated carbocycles. The van der Waals surface area contributed by atoms with Crippen molar-refractivity contribution in [2.24, 2.45) is 5.92 Å². The molecule has 1 amide bonds. The van der Waals surface area contributed by atoms with Crippen LogP contribution in [0.15, 0.2) is 78.0 Å². The lowest BCUT2D eigenvalue weighted by Crippen LogP contribution is -2.38. The number of pyridine rings is 1. The van der Waals surface area contributed by atoms with Crippen LogP contribution >= 0.6 is 11.8 Å². The van der Waals surface area contributed by atoms with E-state index in [-0.39, 0.29) is 30.6 Å². The molecule has 1 fully saturated rings. The molecular weight excluding hydrogens is 516 g/mol. The second-order valence-electron chi connectivity index (χ2n) is 9.51. The van der Waals surface area contributed by atoms with Crippen LogP contribution in [0.1, 0.15) is 55.4 Å². The third kappa shape index (κ3) is 7.89. The number of carbonyl (C=O) groups excluding carboxylic acids is 2. The number of rotatable bonds is 10. The average molecular weight is 551 g/mol. The Labute approximate surface area is 233 Å². The van der Waals surface area contributed by atoms with E-state index in [4.69, 9.17) is 14.2 Å². The molecule has 9 heteroatoms. The van der Waals surface area contributed by atoms with Gasteiger partial charge in [0.2, 0.25) is 0 Å². The summed E-state index contributed by atoms with van der Waals surface area (Å²) in [5.74, 6) is -0.0618. The summed E-state index contributed by atoms with van der Waals surface area (Å²) < 4.78 is 17.9. The van der Waals surface area contributed by atoms with Crippen molar-refractivity contribution in [2.75, 3.05) is 5.75 Å². The van der Waals surface area contributed by atoms with E-state index in [2.05, 4.69) is 17.2 Å². The number of esters is 1. The lowest BCUT2D eigenvalue weighted by atomic mass is 9.91. The van der Waals surface area contributed by atoms with Crippen molar-refractivity contribution in [3.8, 4) is 0 Å². The highest BCUT2D eigenvalue weighted by Crippen LogP contribution is 2.42. The first kappa shape index (κ1) is 28.8. The first-order valence-corrected chi connectivity index (χ1v) is 13.9. The summed E-state index contributed by atoms with van der Waals surface area (Å²) in [5, 5.41) is 13.2. The Morgan fingerprint density at radius 2 is 1.72 bits per heavy atom. The molecule has 0 spiro atoms. The number of hydrogen-bond donors (Lipinski definition) is 2. The number of ether oxygens (including phenoxy) is 3. The Bertz CT molecular complexity index is 1220. The third-order valence-electron chi connectivity index (χ3n) is 6.59. The van der Waals surface area contributed by atoms with Gasteiger partial charge in [0.25, 0.3) is 5.91 Å². The van der Waals surface area contributed by atoms with Crippen LogP contribution in [-0.4, -0.2) is 39.9 Å². The predicted molar refractivity (Wildman–Crippen MR) is 147 cm³/mol. The summed E-state index contributed by atoms with van der Waals surface area (Å²) in [6, 6.07) is 21.4. The maximum atomic E-state index is 12.2. The molecule has 0 aliphatic carbocycles. The van der Waals surface area contributed by atoms with Gasteiger partial charge in [-0.25, -0.2) is 4.98 Å². The smallest absolute Gasteiger partial charge is 0.303 e. The minimum atomic E-state index is -0.850. The Morgan fingerprint density at radius 1 is 1.03 bits per heavy atom. The maximum absolute atomic E-state index is 12.2. The minimum Gasteiger partial charge on any atom is -0.453 e. The molecule has 0 bridgehead atoms. The number of nitrogens with zero attached hydrogens (tertiary/aromatic N) is 1. The van der Waals surface area contributed by atoms with Crippen LogP contribution < -0.4 is 5.32 Å². The van der Waals surface area contributed by atoms with E-state index in [0.717, 1.165) is 27.3 Å². The summed E-state index contributed by atoms with van der Waals surface area (Å²) in [4.78, 5) is 27.7. The Hall–Kier alpha value is -3.24. The van der Waals surface area contributed by atoms with Crippen molar-refractivity contribution < 1.29 is 28.9 Å². The van der Waals surface area contributed by atoms with Gasteiger partial charge >= 0.3 is 5.97 Å². The molecule has 2 N–H and O–H groups in total. The van der Waals surface area contributed by atoms with Gasteiger partial charge in [-0.3, -0.25) is 9.59 Å². The number of aliphatic hydroxyl groups is 1. The molecule has 5 atom stereocenters. The normalized spacial score (nSPS) is 21.6. The van der Waals surface area contributed by atoms with Gasteiger partial charge in [0.05, 0.1) is 23.8 Å². The number of thioether (sulfide) groups is 1. The molecule has 1 unspecified atom stereocenters. The van der Waals surface area contributed by atoms with Crippen LogP contribution in [0.5, 0.6) is 0 Å². The SMILES string of the molecule is CC(=O)O[C@@H](C)C(=O)NCc1ccc(C2O[C@H](CSc3ccccn3)[C@H](C)[C@H](c3ccc(CO)cc3)O2)cc1. The van der Waals surface area contributed by atoms with Gasteiger partial charge in [-0.2, -0.15) is 0 Å². The topological polar surface area (TPSA) is 107 Å². The van der Waals surface area contributed by atoms with Crippen LogP contribution in [-0.2, 0) is 37.0 Å². The lowest BCUT2D eigenvalue weighted by molar-refractivity contribution is -0.268. The highest BCUT2D eigenvalue weighted by atomic mass is 32.2. The zero-order chi connectivity index (χ0) is 27.8. The van der Waals surface area contributed by atoms with Crippen molar-refractivity contribution in [1.82, 2.24) is 10.3 Å². The van der Waals surface area contributed by atoms with E-state index < -0.39 is 18.4 Å². The first-order valence-electron chi connectivity index (χ1n) is 12.9. The van der Waals surface area contributed by atoms with E-state index in [1.165, 1.54) is 13.8 Å². The van der Waals surface area contributed by atoms with Gasteiger partial charge < -0.3 is 24.6 Å². The fourth-order valence-corrected chi connectivity index (χ4v) is 5.37. The predicted octanol–water partition coefficient (Wildman–Crippen LogP) is 4.73. The second kappa shape index (κ2) is 13.7. The third-order valence-corrected chi connectivity index (χ3v) is 7.62. The molecule has 1 aromatic heterocycles. The van der Waals surface area contributed by atoms with Crippen molar-refractivity contribution in [2.45, 2.75) is 63.6 Å². The van der Waals surface area contributed by atoms with Gasteiger partial charge in [-0.15, -0.1) is 11.8 Å². The van der Waals surface area contributed by atoms with Crippen LogP contribution in [0.3, 0.4) is 0 Å². The quantitative estimate of drug-likeness (QED) is 0.276. The Balaban J connectivity index is 1.47. The van der Waals surface area contributed by atoms with Crippen LogP contribution in [0.4, 0.5) is 0 Å². The van der Waals surface area contributed by atoms with Gasteiger partial charge in [0, 0.05) is 36.9 Å². The number of aromatic nitrogens is 1. The summed E-state index contributed by atoms with van der Waals surface area (Å²) in [6.45, 7) is 5.24. The maximum Gasteiger partial charge on any atom is 0.303 e. The minimum absolute atomic E-state index is 0.00803. The van der Waals surface area contributed by atoms with Gasteiger partial charge in [0.15, 0.2) is 12.4 Å². The van der Waals surface area contributed by atoms with Gasteiger partial charge in [-0.1, -0.05) is 61.5 Å². The van der Waals surface area contributed by atoms with E-state index >= 15 is 0 Å². The van der Waals surface area contributed by atoms with Crippen LogP contribution in [0.25, 0.3) is 0 Å². The zero-order valence-corrected chi connectivity index (χ0v) is 23.1. The van der Waals surface area contributed by atoms with E-state index in [0.29, 0.717) is 12.3 Å². The van der Waals surface area contributed by atoms with Crippen LogP contribution in [0.2, 0.25) is 0 Å². The highest BCUT2D eigenvalue weighted by Gasteiger charge is 2.38. The molecule has 39 heavy (non-hydrogen) atoms. The van der Waals surface area contributed by atoms with Gasteiger partial charge in [-0.05, 0) is 35.7 Å². The summed E-state index contributed by atoms with van der Waals surface area (Å²) in [6.07, 6.45) is 0.0571. The van der Waals surface area contributed by atoms with E-state index in [1.54, 1.807) is 18.0 Å². The molecular formula is C30H34N2O6S. The first-order chi connectivity index (χ1) is 18.8. The highest BCUT2D eigenvalue weighted by molar-refractivity contribution is 7.99. The number of aliphatic hydroxyl groups excluding tert-OH is 1. The monoisotopic (exact) mass is 550 g/mol. The average Bonchev–Trinajstić information content (AvgIpc) is 2.96. The van der Waals surface area contributed by atoms with Crippen molar-refractivity contribution >= 4 is 23.6 Å². The van der Waals surface area contributed by atoms with E-state index in [1.807, 2.05) is 66.7 Å². The van der Waals surface area contributed by atoms with E-state index in [9.17, 15) is 14.7 Å². The molecule has 1 saturated heterocycles. The molecule has 1 aliphatic heterocycles. The summed E-state index contributed by atoms with van der Waals surface area (Å²) >= 11 is 1.65. The molecule has 1 aliphatic rings. The Kier molecular flexibility index (Phi) is 10.1. The van der Waals surface area contributed by atoms with Crippen LogP contribution in [0, 0.1) is 5.92 Å². The zero-order valence-electron chi connectivity index (χ0n) is 22.3. The largest absolute Gasteiger partial charge is 0.453 e. The number of benzene rings is 2. The summed E-state index contributed by atoms with van der Waals surface area (Å²) in [5.41, 5.74) is 3.64. The summed E-state index contributed by atoms with van der Waals surface area (Å²) in [7, 11) is 0. The molecule has 3 aromatic rings. The Morgan fingerprint density at radius 3 is 2.36 bits per heavy atom.